The summed E-state index contributed by atoms with van der Waals surface area (Å²) in [6, 6.07) is 16.6. The standard InChI is InChI=1S/C23H31N3S/c1-17-10-11-20-21(16-24-13-12-18-7-6-14-25(18)2)19-8-4-5-9-22(19)26(3)27-23(20)15-17/h4-5,8-11,15,18,21,24H,6-7,12-14,16H2,1-3H3. The van der Waals surface area contributed by atoms with Gasteiger partial charge < -0.3 is 14.5 Å². The van der Waals surface area contributed by atoms with E-state index in [0.29, 0.717) is 5.92 Å². The molecule has 4 rings (SSSR count). The largest absolute Gasteiger partial charge is 0.316 e. The number of benzene rings is 2. The van der Waals surface area contributed by atoms with Crippen LogP contribution in [0.4, 0.5) is 5.69 Å². The van der Waals surface area contributed by atoms with Gasteiger partial charge in [0.1, 0.15) is 0 Å². The summed E-state index contributed by atoms with van der Waals surface area (Å²) < 4.78 is 2.32. The molecule has 2 aromatic rings. The molecule has 1 N–H and O–H groups in total. The van der Waals surface area contributed by atoms with Crippen molar-refractivity contribution in [3.63, 3.8) is 0 Å². The molecular formula is C23H31N3S. The predicted molar refractivity (Wildman–Crippen MR) is 117 cm³/mol. The zero-order valence-corrected chi connectivity index (χ0v) is 17.6. The van der Waals surface area contributed by atoms with Crippen molar-refractivity contribution in [2.75, 3.05) is 38.0 Å². The number of aryl methyl sites for hydroxylation is 1. The smallest absolute Gasteiger partial charge is 0.0508 e. The van der Waals surface area contributed by atoms with Crippen LogP contribution in [0.2, 0.25) is 0 Å². The number of para-hydroxylation sites is 1. The molecule has 0 aromatic heterocycles. The van der Waals surface area contributed by atoms with Crippen LogP contribution in [0.15, 0.2) is 47.4 Å². The maximum atomic E-state index is 3.79. The Labute approximate surface area is 168 Å². The summed E-state index contributed by atoms with van der Waals surface area (Å²) in [6.07, 6.45) is 3.96. The molecule has 1 fully saturated rings. The van der Waals surface area contributed by atoms with Crippen molar-refractivity contribution < 1.29 is 0 Å². The molecule has 2 heterocycles. The lowest BCUT2D eigenvalue weighted by Gasteiger charge is -2.23. The minimum atomic E-state index is 0.399. The maximum absolute atomic E-state index is 3.79. The molecule has 2 aliphatic heterocycles. The molecule has 144 valence electrons. The summed E-state index contributed by atoms with van der Waals surface area (Å²) >= 11 is 1.85. The number of fused-ring (bicyclic) bond motifs is 2. The van der Waals surface area contributed by atoms with Crippen LogP contribution in [0, 0.1) is 6.92 Å². The van der Waals surface area contributed by atoms with E-state index < -0.39 is 0 Å². The zero-order chi connectivity index (χ0) is 18.8. The SMILES string of the molecule is Cc1ccc2c(c1)SN(C)c1ccccc1C2CNCCC1CCCN1C. The lowest BCUT2D eigenvalue weighted by molar-refractivity contribution is 0.293. The Balaban J connectivity index is 1.54. The van der Waals surface area contributed by atoms with Crippen molar-refractivity contribution in [1.82, 2.24) is 10.2 Å². The second kappa shape index (κ2) is 8.26. The summed E-state index contributed by atoms with van der Waals surface area (Å²) in [4.78, 5) is 3.91. The van der Waals surface area contributed by atoms with E-state index in [1.54, 1.807) is 0 Å². The van der Waals surface area contributed by atoms with E-state index in [9.17, 15) is 0 Å². The average Bonchev–Trinajstić information content (AvgIpc) is 3.03. The monoisotopic (exact) mass is 381 g/mol. The Morgan fingerprint density at radius 1 is 1.11 bits per heavy atom. The van der Waals surface area contributed by atoms with Gasteiger partial charge in [0.05, 0.1) is 5.69 Å². The Morgan fingerprint density at radius 2 is 1.96 bits per heavy atom. The molecule has 2 aromatic carbocycles. The van der Waals surface area contributed by atoms with Gasteiger partial charge >= 0.3 is 0 Å². The quantitative estimate of drug-likeness (QED) is 0.599. The molecule has 2 atom stereocenters. The first-order chi connectivity index (χ1) is 13.1. The van der Waals surface area contributed by atoms with Crippen LogP contribution in [0.3, 0.4) is 0 Å². The first-order valence-electron chi connectivity index (χ1n) is 10.2. The highest BCUT2D eigenvalue weighted by molar-refractivity contribution is 8.00. The van der Waals surface area contributed by atoms with Gasteiger partial charge in [-0.2, -0.15) is 0 Å². The van der Waals surface area contributed by atoms with Gasteiger partial charge in [0.2, 0.25) is 0 Å². The van der Waals surface area contributed by atoms with E-state index in [1.165, 1.54) is 53.1 Å². The van der Waals surface area contributed by atoms with Gasteiger partial charge in [-0.3, -0.25) is 0 Å². The lowest BCUT2D eigenvalue weighted by Crippen LogP contribution is -2.31. The molecule has 0 radical (unpaired) electrons. The molecule has 0 bridgehead atoms. The number of rotatable bonds is 5. The van der Waals surface area contributed by atoms with Crippen LogP contribution in [0.1, 0.15) is 41.9 Å². The summed E-state index contributed by atoms with van der Waals surface area (Å²) in [5.41, 5.74) is 5.55. The van der Waals surface area contributed by atoms with Gasteiger partial charge in [-0.05, 0) is 87.1 Å². The maximum Gasteiger partial charge on any atom is 0.0508 e. The van der Waals surface area contributed by atoms with Gasteiger partial charge in [0.25, 0.3) is 0 Å². The number of anilines is 1. The molecule has 1 saturated heterocycles. The van der Waals surface area contributed by atoms with Crippen molar-refractivity contribution in [1.29, 1.82) is 0 Å². The number of hydrogen-bond acceptors (Lipinski definition) is 4. The Bertz CT molecular complexity index is 791. The highest BCUT2D eigenvalue weighted by Gasteiger charge is 2.26. The second-order valence-electron chi connectivity index (χ2n) is 8.01. The Kier molecular flexibility index (Phi) is 5.76. The molecule has 0 saturated carbocycles. The number of likely N-dealkylation sites (tertiary alicyclic amines) is 1. The lowest BCUT2D eigenvalue weighted by atomic mass is 9.89. The molecule has 0 aliphatic carbocycles. The van der Waals surface area contributed by atoms with Crippen LogP contribution in [0.5, 0.6) is 0 Å². The van der Waals surface area contributed by atoms with Crippen molar-refractivity contribution in [3.05, 3.63) is 59.2 Å². The van der Waals surface area contributed by atoms with Gasteiger partial charge in [-0.15, -0.1) is 0 Å². The third-order valence-electron chi connectivity index (χ3n) is 6.11. The summed E-state index contributed by atoms with van der Waals surface area (Å²) in [7, 11) is 4.45. The fraction of sp³-hybridized carbons (Fsp3) is 0.478. The number of nitrogens with one attached hydrogen (secondary N) is 1. The zero-order valence-electron chi connectivity index (χ0n) is 16.7. The molecular weight excluding hydrogens is 350 g/mol. The van der Waals surface area contributed by atoms with Crippen LogP contribution in [-0.4, -0.2) is 44.7 Å². The van der Waals surface area contributed by atoms with E-state index in [2.05, 4.69) is 78.0 Å². The molecule has 0 spiro atoms. The van der Waals surface area contributed by atoms with Crippen molar-refractivity contribution in [2.24, 2.45) is 0 Å². The van der Waals surface area contributed by atoms with Crippen LogP contribution in [-0.2, 0) is 0 Å². The summed E-state index contributed by atoms with van der Waals surface area (Å²) in [6.45, 7) is 5.54. The fourth-order valence-electron chi connectivity index (χ4n) is 4.52. The van der Waals surface area contributed by atoms with Crippen LogP contribution < -0.4 is 9.62 Å². The number of hydrogen-bond donors (Lipinski definition) is 1. The molecule has 4 heteroatoms. The minimum absolute atomic E-state index is 0.399. The molecule has 2 aliphatic rings. The second-order valence-corrected chi connectivity index (χ2v) is 9.18. The van der Waals surface area contributed by atoms with Crippen molar-refractivity contribution in [3.8, 4) is 0 Å². The first-order valence-corrected chi connectivity index (χ1v) is 10.9. The van der Waals surface area contributed by atoms with Crippen molar-refractivity contribution >= 4 is 17.6 Å². The van der Waals surface area contributed by atoms with E-state index in [-0.39, 0.29) is 0 Å². The normalized spacial score (nSPS) is 22.4. The van der Waals surface area contributed by atoms with E-state index in [1.807, 2.05) is 11.9 Å². The van der Waals surface area contributed by atoms with Gasteiger partial charge in [0.15, 0.2) is 0 Å². The molecule has 3 nitrogen and oxygen atoms in total. The molecule has 2 unspecified atom stereocenters. The highest BCUT2D eigenvalue weighted by Crippen LogP contribution is 2.43. The topological polar surface area (TPSA) is 18.5 Å². The Hall–Kier alpha value is -1.49. The Morgan fingerprint density at radius 3 is 2.78 bits per heavy atom. The van der Waals surface area contributed by atoms with Crippen LogP contribution >= 0.6 is 11.9 Å². The van der Waals surface area contributed by atoms with E-state index >= 15 is 0 Å². The molecule has 27 heavy (non-hydrogen) atoms. The highest BCUT2D eigenvalue weighted by atomic mass is 32.2. The molecule has 0 amide bonds. The number of nitrogens with zero attached hydrogens (tertiary/aromatic N) is 2. The predicted octanol–water partition coefficient (Wildman–Crippen LogP) is 4.66. The van der Waals surface area contributed by atoms with Gasteiger partial charge in [0, 0.05) is 30.4 Å². The third-order valence-corrected chi connectivity index (χ3v) is 7.13. The summed E-state index contributed by atoms with van der Waals surface area (Å²) in [5, 5.41) is 3.79. The van der Waals surface area contributed by atoms with Gasteiger partial charge in [-0.1, -0.05) is 30.3 Å². The van der Waals surface area contributed by atoms with Crippen LogP contribution in [0.25, 0.3) is 0 Å². The minimum Gasteiger partial charge on any atom is -0.316 e. The van der Waals surface area contributed by atoms with Crippen molar-refractivity contribution in [2.45, 2.75) is 43.0 Å². The van der Waals surface area contributed by atoms with E-state index in [0.717, 1.165) is 19.1 Å². The first kappa shape index (κ1) is 18.9. The fourth-order valence-corrected chi connectivity index (χ4v) is 5.63. The third kappa shape index (κ3) is 4.03. The van der Waals surface area contributed by atoms with Gasteiger partial charge in [-0.25, -0.2) is 0 Å². The van der Waals surface area contributed by atoms with E-state index in [4.69, 9.17) is 0 Å². The summed E-state index contributed by atoms with van der Waals surface area (Å²) in [5.74, 6) is 0.399. The average molecular weight is 382 g/mol.